The van der Waals surface area contributed by atoms with Crippen LogP contribution in [0.25, 0.3) is 6.08 Å². The molecule has 1 aliphatic rings. The molecule has 0 bridgehead atoms. The van der Waals surface area contributed by atoms with Gasteiger partial charge in [0.05, 0.1) is 36.2 Å². The Morgan fingerprint density at radius 2 is 1.73 bits per heavy atom. The summed E-state index contributed by atoms with van der Waals surface area (Å²) in [6.45, 7) is 2.21. The summed E-state index contributed by atoms with van der Waals surface area (Å²) in [4.78, 5) is 49.3. The number of carbonyl (C=O) groups excluding carboxylic acids is 3. The van der Waals surface area contributed by atoms with Crippen LogP contribution in [0.15, 0.2) is 65.6 Å². The zero-order valence-corrected chi connectivity index (χ0v) is 22.6. The summed E-state index contributed by atoms with van der Waals surface area (Å²) >= 11 is 0.814. The lowest BCUT2D eigenvalue weighted by Gasteiger charge is -2.13. The predicted octanol–water partition coefficient (Wildman–Crippen LogP) is 5.61. The molecule has 0 unspecified atom stereocenters. The van der Waals surface area contributed by atoms with Crippen LogP contribution in [-0.4, -0.2) is 54.3 Å². The third-order valence-corrected chi connectivity index (χ3v) is 6.67. The maximum absolute atomic E-state index is 12.9. The minimum absolute atomic E-state index is 0.000443. The van der Waals surface area contributed by atoms with Crippen LogP contribution in [0.1, 0.15) is 21.5 Å². The van der Waals surface area contributed by atoms with Crippen LogP contribution in [-0.2, 0) is 9.53 Å². The van der Waals surface area contributed by atoms with E-state index in [1.807, 2.05) is 31.2 Å². The normalized spacial score (nSPS) is 13.9. The van der Waals surface area contributed by atoms with Gasteiger partial charge in [-0.2, -0.15) is 0 Å². The summed E-state index contributed by atoms with van der Waals surface area (Å²) in [5.41, 5.74) is 1.20. The van der Waals surface area contributed by atoms with Crippen molar-refractivity contribution in [1.82, 2.24) is 4.90 Å². The molecule has 0 N–H and O–H groups in total. The first-order chi connectivity index (χ1) is 19.2. The van der Waals surface area contributed by atoms with Crippen molar-refractivity contribution in [2.24, 2.45) is 0 Å². The van der Waals surface area contributed by atoms with Gasteiger partial charge in [0.15, 0.2) is 11.5 Å². The lowest BCUT2D eigenvalue weighted by atomic mass is 10.1. The molecule has 0 spiro atoms. The molecule has 0 atom stereocenters. The number of ether oxygens (including phenoxy) is 4. The first-order valence-electron chi connectivity index (χ1n) is 11.9. The Balaban J connectivity index is 1.48. The summed E-state index contributed by atoms with van der Waals surface area (Å²) in [5.74, 6) is -0.242. The van der Waals surface area contributed by atoms with E-state index in [0.717, 1.165) is 28.3 Å². The van der Waals surface area contributed by atoms with E-state index in [9.17, 15) is 24.5 Å². The minimum Gasteiger partial charge on any atom is -0.493 e. The maximum Gasteiger partial charge on any atom is 0.338 e. The summed E-state index contributed by atoms with van der Waals surface area (Å²) in [6, 6.07) is 15.8. The van der Waals surface area contributed by atoms with Gasteiger partial charge in [-0.15, -0.1) is 0 Å². The van der Waals surface area contributed by atoms with Crippen LogP contribution < -0.4 is 14.2 Å². The Labute approximate surface area is 233 Å². The maximum atomic E-state index is 12.9. The van der Waals surface area contributed by atoms with Gasteiger partial charge in [0.2, 0.25) is 5.75 Å². The molecule has 1 saturated heterocycles. The second-order valence-corrected chi connectivity index (χ2v) is 9.43. The van der Waals surface area contributed by atoms with Gasteiger partial charge >= 0.3 is 11.7 Å². The van der Waals surface area contributed by atoms with Gasteiger partial charge < -0.3 is 18.9 Å². The van der Waals surface area contributed by atoms with Crippen molar-refractivity contribution in [2.45, 2.75) is 6.92 Å². The molecule has 11 nitrogen and oxygen atoms in total. The fraction of sp³-hybridized carbons (Fsp3) is 0.179. The minimum atomic E-state index is -0.722. The molecule has 0 radical (unpaired) electrons. The molecule has 206 valence electrons. The van der Waals surface area contributed by atoms with Crippen LogP contribution in [0, 0.1) is 17.0 Å². The molecule has 1 aliphatic heterocycles. The summed E-state index contributed by atoms with van der Waals surface area (Å²) in [5, 5.41) is 11.2. The first kappa shape index (κ1) is 28.2. The summed E-state index contributed by atoms with van der Waals surface area (Å²) in [7, 11) is 2.56. The lowest BCUT2D eigenvalue weighted by Crippen LogP contribution is -2.32. The van der Waals surface area contributed by atoms with Gasteiger partial charge in [0, 0.05) is 6.07 Å². The number of aryl methyl sites for hydroxylation is 1. The van der Waals surface area contributed by atoms with E-state index in [-0.39, 0.29) is 40.9 Å². The molecule has 2 amide bonds. The van der Waals surface area contributed by atoms with Crippen molar-refractivity contribution in [2.75, 3.05) is 27.4 Å². The summed E-state index contributed by atoms with van der Waals surface area (Å²) < 4.78 is 21.4. The molecule has 40 heavy (non-hydrogen) atoms. The number of nitrogens with zero attached hydrogens (tertiary/aromatic N) is 2. The van der Waals surface area contributed by atoms with Gasteiger partial charge in [-0.3, -0.25) is 24.6 Å². The van der Waals surface area contributed by atoms with Gasteiger partial charge in [0.25, 0.3) is 11.1 Å². The Kier molecular flexibility index (Phi) is 8.70. The van der Waals surface area contributed by atoms with E-state index in [0.29, 0.717) is 11.3 Å². The number of imide groups is 1. The molecule has 1 fully saturated rings. The number of carbonyl (C=O) groups is 3. The van der Waals surface area contributed by atoms with Gasteiger partial charge in [-0.1, -0.05) is 23.8 Å². The van der Waals surface area contributed by atoms with Gasteiger partial charge in [-0.25, -0.2) is 4.79 Å². The van der Waals surface area contributed by atoms with Crippen LogP contribution in [0.3, 0.4) is 0 Å². The highest BCUT2D eigenvalue weighted by atomic mass is 32.2. The van der Waals surface area contributed by atoms with Gasteiger partial charge in [0.1, 0.15) is 12.4 Å². The zero-order valence-electron chi connectivity index (χ0n) is 21.7. The van der Waals surface area contributed by atoms with E-state index < -0.39 is 27.7 Å². The van der Waals surface area contributed by atoms with Crippen molar-refractivity contribution in [3.8, 4) is 23.0 Å². The molecule has 0 aromatic heterocycles. The number of rotatable bonds is 10. The highest BCUT2D eigenvalue weighted by Crippen LogP contribution is 2.39. The van der Waals surface area contributed by atoms with Crippen molar-refractivity contribution in [3.05, 3.63) is 92.4 Å². The van der Waals surface area contributed by atoms with Crippen LogP contribution >= 0.6 is 11.8 Å². The third-order valence-electron chi connectivity index (χ3n) is 5.76. The van der Waals surface area contributed by atoms with Crippen molar-refractivity contribution in [1.29, 1.82) is 0 Å². The number of thioether (sulfide) groups is 1. The highest BCUT2D eigenvalue weighted by molar-refractivity contribution is 8.18. The number of nitro benzene ring substituents is 1. The number of benzene rings is 3. The fourth-order valence-electron chi connectivity index (χ4n) is 3.70. The molecule has 4 rings (SSSR count). The van der Waals surface area contributed by atoms with Crippen LogP contribution in [0.4, 0.5) is 10.5 Å². The Morgan fingerprint density at radius 3 is 2.40 bits per heavy atom. The average molecular weight is 565 g/mol. The molecule has 1 heterocycles. The number of methoxy groups -OCH3 is 2. The third kappa shape index (κ3) is 6.41. The SMILES string of the molecule is COC(=O)c1ccc(Oc2ccc(/C=C3\SC(=O)N(CCOc4ccc(C)cc4)C3=O)cc2OC)c([N+](=O)[O-])c1. The predicted molar refractivity (Wildman–Crippen MR) is 147 cm³/mol. The quantitative estimate of drug-likeness (QED) is 0.132. The van der Waals surface area contributed by atoms with Crippen molar-refractivity contribution < 1.29 is 38.3 Å². The topological polar surface area (TPSA) is 135 Å². The van der Waals surface area contributed by atoms with Crippen LogP contribution in [0.5, 0.6) is 23.0 Å². The molecular weight excluding hydrogens is 540 g/mol. The van der Waals surface area contributed by atoms with E-state index in [4.69, 9.17) is 14.2 Å². The average Bonchev–Trinajstić information content (AvgIpc) is 3.21. The Bertz CT molecular complexity index is 1500. The molecular formula is C28H24N2O9S. The summed E-state index contributed by atoms with van der Waals surface area (Å²) in [6.07, 6.45) is 1.55. The molecule has 0 saturated carbocycles. The van der Waals surface area contributed by atoms with Crippen molar-refractivity contribution >= 4 is 40.6 Å². The fourth-order valence-corrected chi connectivity index (χ4v) is 4.57. The zero-order chi connectivity index (χ0) is 28.8. The van der Waals surface area contributed by atoms with E-state index >= 15 is 0 Å². The second kappa shape index (κ2) is 12.3. The van der Waals surface area contributed by atoms with E-state index in [1.54, 1.807) is 18.2 Å². The number of hydrogen-bond acceptors (Lipinski definition) is 10. The Morgan fingerprint density at radius 1 is 1.00 bits per heavy atom. The van der Waals surface area contributed by atoms with Gasteiger partial charge in [-0.05, 0) is 66.7 Å². The Hall–Kier alpha value is -4.84. The van der Waals surface area contributed by atoms with Crippen LogP contribution in [0.2, 0.25) is 0 Å². The van der Waals surface area contributed by atoms with Crippen molar-refractivity contribution in [3.63, 3.8) is 0 Å². The molecule has 3 aromatic rings. The van der Waals surface area contributed by atoms with E-state index in [1.165, 1.54) is 32.4 Å². The monoisotopic (exact) mass is 564 g/mol. The lowest BCUT2D eigenvalue weighted by molar-refractivity contribution is -0.385. The second-order valence-electron chi connectivity index (χ2n) is 8.44. The first-order valence-corrected chi connectivity index (χ1v) is 12.7. The number of esters is 1. The standard InChI is InChI=1S/C28H24N2O9S/c1-17-4-8-20(9-5-17)38-13-12-29-26(31)25(40-28(29)33)15-18-6-10-23(24(14-18)36-2)39-22-11-7-19(27(32)37-3)16-21(22)30(34)35/h4-11,14-16H,12-13H2,1-3H3/b25-15-. The molecule has 3 aromatic carbocycles. The number of hydrogen-bond donors (Lipinski definition) is 0. The number of nitro groups is 1. The number of amides is 2. The smallest absolute Gasteiger partial charge is 0.338 e. The van der Waals surface area contributed by atoms with E-state index in [2.05, 4.69) is 4.74 Å². The highest BCUT2D eigenvalue weighted by Gasteiger charge is 2.35. The molecule has 12 heteroatoms. The molecule has 0 aliphatic carbocycles. The largest absolute Gasteiger partial charge is 0.493 e.